The number of likely N-dealkylation sites (tertiary alicyclic amines) is 1. The van der Waals surface area contributed by atoms with Crippen molar-refractivity contribution in [1.82, 2.24) is 25.8 Å². The summed E-state index contributed by atoms with van der Waals surface area (Å²) in [4.78, 5) is 59.1. The van der Waals surface area contributed by atoms with Gasteiger partial charge in [0.1, 0.15) is 24.4 Å². The standard InChI is InChI=1S/C39H57N5O8S/c1-39(2,3)52-37(48)41-29-18-21-44(22-19-29)38(49)51-33(24-28-15-9-6-10-16-28)36(47)43-31(26-53-4)35(46)42-30(23-27-13-7-5-8-14-27)32(45)25-50-34-17-11-12-20-40-34/h6,9-12,15-17,20,27,29-33,45H,5,7-8,13-14,18-19,21-26H2,1-4H3,(H,41,48)(H,42,46)(H,43,47)/t30-,31-,32-,33-/m0/s1. The second-order valence-corrected chi connectivity index (χ2v) is 15.8. The van der Waals surface area contributed by atoms with Crippen LogP contribution in [0, 0.1) is 5.92 Å². The normalized spacial score (nSPS) is 17.8. The molecule has 2 heterocycles. The molecule has 4 amide bonds. The first-order valence-electron chi connectivity index (χ1n) is 18.7. The van der Waals surface area contributed by atoms with E-state index in [2.05, 4.69) is 20.9 Å². The first-order valence-corrected chi connectivity index (χ1v) is 20.1. The van der Waals surface area contributed by atoms with E-state index in [1.165, 1.54) is 23.1 Å². The van der Waals surface area contributed by atoms with Crippen LogP contribution in [0.15, 0.2) is 54.7 Å². The van der Waals surface area contributed by atoms with Gasteiger partial charge in [-0.1, -0.05) is 68.5 Å². The number of thioether (sulfide) groups is 1. The lowest BCUT2D eigenvalue weighted by atomic mass is 9.83. The Morgan fingerprint density at radius 3 is 2.28 bits per heavy atom. The largest absolute Gasteiger partial charge is 0.475 e. The fourth-order valence-corrected chi connectivity index (χ4v) is 7.17. The number of nitrogens with zero attached hydrogens (tertiary/aromatic N) is 2. The predicted molar refractivity (Wildman–Crippen MR) is 204 cm³/mol. The van der Waals surface area contributed by atoms with E-state index in [9.17, 15) is 24.3 Å². The molecule has 292 valence electrons. The highest BCUT2D eigenvalue weighted by Crippen LogP contribution is 2.28. The van der Waals surface area contributed by atoms with Gasteiger partial charge in [-0.2, -0.15) is 11.8 Å². The molecule has 2 fully saturated rings. The number of aliphatic hydroxyl groups is 1. The van der Waals surface area contributed by atoms with Crippen LogP contribution in [0.1, 0.15) is 77.7 Å². The monoisotopic (exact) mass is 755 g/mol. The molecule has 1 aliphatic heterocycles. The highest BCUT2D eigenvalue weighted by atomic mass is 32.2. The Bertz CT molecular complexity index is 1430. The molecule has 1 saturated heterocycles. The van der Waals surface area contributed by atoms with Crippen molar-refractivity contribution >= 4 is 35.8 Å². The van der Waals surface area contributed by atoms with Crippen LogP contribution in [0.3, 0.4) is 0 Å². The van der Waals surface area contributed by atoms with Gasteiger partial charge in [0.25, 0.3) is 5.91 Å². The summed E-state index contributed by atoms with van der Waals surface area (Å²) in [5.41, 5.74) is 0.168. The summed E-state index contributed by atoms with van der Waals surface area (Å²) in [5.74, 6) is -0.0450. The lowest BCUT2D eigenvalue weighted by Gasteiger charge is -2.33. The maximum Gasteiger partial charge on any atom is 0.410 e. The number of hydrogen-bond donors (Lipinski definition) is 4. The van der Waals surface area contributed by atoms with Crippen molar-refractivity contribution in [3.63, 3.8) is 0 Å². The van der Waals surface area contributed by atoms with Gasteiger partial charge in [-0.15, -0.1) is 0 Å². The predicted octanol–water partition coefficient (Wildman–Crippen LogP) is 4.86. The molecule has 4 N–H and O–H groups in total. The molecule has 14 heteroatoms. The maximum atomic E-state index is 13.9. The van der Waals surface area contributed by atoms with Crippen molar-refractivity contribution < 1.29 is 38.5 Å². The van der Waals surface area contributed by atoms with Crippen molar-refractivity contribution in [2.24, 2.45) is 5.92 Å². The van der Waals surface area contributed by atoms with Gasteiger partial charge in [0.15, 0.2) is 6.10 Å². The van der Waals surface area contributed by atoms with Gasteiger partial charge < -0.3 is 40.2 Å². The van der Waals surface area contributed by atoms with E-state index in [0.717, 1.165) is 31.2 Å². The van der Waals surface area contributed by atoms with E-state index in [4.69, 9.17) is 14.2 Å². The molecular weight excluding hydrogens is 699 g/mol. The van der Waals surface area contributed by atoms with Crippen LogP contribution < -0.4 is 20.7 Å². The van der Waals surface area contributed by atoms with E-state index in [1.54, 1.807) is 45.2 Å². The summed E-state index contributed by atoms with van der Waals surface area (Å²) in [7, 11) is 0. The Morgan fingerprint density at radius 2 is 1.64 bits per heavy atom. The van der Waals surface area contributed by atoms with Crippen LogP contribution in [0.5, 0.6) is 5.88 Å². The Balaban J connectivity index is 1.41. The Labute approximate surface area is 317 Å². The van der Waals surface area contributed by atoms with E-state index < -0.39 is 53.9 Å². The van der Waals surface area contributed by atoms with E-state index >= 15 is 0 Å². The molecule has 2 aliphatic rings. The molecular formula is C39H57N5O8S. The molecule has 2 aromatic rings. The van der Waals surface area contributed by atoms with Gasteiger partial charge in [0, 0.05) is 43.6 Å². The lowest BCUT2D eigenvalue weighted by molar-refractivity contribution is -0.134. The molecule has 0 spiro atoms. The van der Waals surface area contributed by atoms with Crippen LogP contribution in [-0.4, -0.2) is 107 Å². The van der Waals surface area contributed by atoms with Gasteiger partial charge in [-0.25, -0.2) is 14.6 Å². The molecule has 53 heavy (non-hydrogen) atoms. The summed E-state index contributed by atoms with van der Waals surface area (Å²) < 4.78 is 17.0. The minimum atomic E-state index is -1.21. The number of alkyl carbamates (subject to hydrolysis) is 1. The van der Waals surface area contributed by atoms with E-state index in [-0.39, 0.29) is 24.8 Å². The zero-order chi connectivity index (χ0) is 38.2. The average molecular weight is 756 g/mol. The number of piperidine rings is 1. The first kappa shape index (κ1) is 41.7. The second-order valence-electron chi connectivity index (χ2n) is 14.9. The summed E-state index contributed by atoms with van der Waals surface area (Å²) in [6.07, 6.45) is 7.21. The number of carbonyl (C=O) groups excluding carboxylic acids is 4. The molecule has 1 aliphatic carbocycles. The summed E-state index contributed by atoms with van der Waals surface area (Å²) in [6, 6.07) is 12.8. The SMILES string of the molecule is CSC[C@H](NC(=O)[C@H](Cc1ccccc1)OC(=O)N1CCC(NC(=O)OC(C)(C)C)CC1)C(=O)N[C@@H](CC1CCCCC1)[C@@H](O)COc1ccccn1. The summed E-state index contributed by atoms with van der Waals surface area (Å²) in [5, 5.41) is 20.0. The Hall–Kier alpha value is -4.04. The molecule has 0 radical (unpaired) electrons. The number of pyridine rings is 1. The smallest absolute Gasteiger partial charge is 0.410 e. The quantitative estimate of drug-likeness (QED) is 0.186. The topological polar surface area (TPSA) is 168 Å². The van der Waals surface area contributed by atoms with Crippen LogP contribution in [-0.2, 0) is 25.5 Å². The molecule has 4 atom stereocenters. The molecule has 4 rings (SSSR count). The summed E-state index contributed by atoms with van der Waals surface area (Å²) >= 11 is 1.39. The van der Waals surface area contributed by atoms with Crippen LogP contribution in [0.4, 0.5) is 9.59 Å². The van der Waals surface area contributed by atoms with Gasteiger partial charge in [-0.05, 0) is 63.8 Å². The van der Waals surface area contributed by atoms with Gasteiger partial charge >= 0.3 is 12.2 Å². The molecule has 1 saturated carbocycles. The minimum absolute atomic E-state index is 0.0579. The molecule has 13 nitrogen and oxygen atoms in total. The van der Waals surface area contributed by atoms with Crippen LogP contribution >= 0.6 is 11.8 Å². The van der Waals surface area contributed by atoms with Gasteiger partial charge in [0.05, 0.1) is 6.04 Å². The van der Waals surface area contributed by atoms with E-state index in [1.807, 2.05) is 36.6 Å². The number of benzene rings is 1. The summed E-state index contributed by atoms with van der Waals surface area (Å²) in [6.45, 7) is 5.98. The third-order valence-corrected chi connectivity index (χ3v) is 10.1. The third-order valence-electron chi connectivity index (χ3n) is 9.38. The highest BCUT2D eigenvalue weighted by Gasteiger charge is 2.34. The minimum Gasteiger partial charge on any atom is -0.475 e. The van der Waals surface area contributed by atoms with Gasteiger partial charge in [-0.3, -0.25) is 9.59 Å². The molecule has 0 bridgehead atoms. The number of hydrogen-bond acceptors (Lipinski definition) is 10. The van der Waals surface area contributed by atoms with E-state index in [0.29, 0.717) is 44.1 Å². The average Bonchev–Trinajstić information content (AvgIpc) is 3.13. The number of rotatable bonds is 16. The van der Waals surface area contributed by atoms with Crippen molar-refractivity contribution in [2.75, 3.05) is 31.7 Å². The Kier molecular flexibility index (Phi) is 16.5. The zero-order valence-electron chi connectivity index (χ0n) is 31.5. The molecule has 0 unspecified atom stereocenters. The Morgan fingerprint density at radius 1 is 0.943 bits per heavy atom. The lowest BCUT2D eigenvalue weighted by Crippen LogP contribution is -2.56. The second kappa shape index (κ2) is 21.0. The first-order chi connectivity index (χ1) is 25.4. The fraction of sp³-hybridized carbons (Fsp3) is 0.615. The number of carbonyl (C=O) groups is 4. The molecule has 1 aromatic heterocycles. The number of amides is 4. The van der Waals surface area contributed by atoms with Crippen molar-refractivity contribution in [3.05, 3.63) is 60.3 Å². The van der Waals surface area contributed by atoms with Gasteiger partial charge in [0.2, 0.25) is 11.8 Å². The highest BCUT2D eigenvalue weighted by molar-refractivity contribution is 7.98. The van der Waals surface area contributed by atoms with Crippen LogP contribution in [0.2, 0.25) is 0 Å². The third kappa shape index (κ3) is 14.7. The van der Waals surface area contributed by atoms with Crippen molar-refractivity contribution in [1.29, 1.82) is 0 Å². The number of nitrogens with one attached hydrogen (secondary N) is 3. The maximum absolute atomic E-state index is 13.9. The van der Waals surface area contributed by atoms with Crippen LogP contribution in [0.25, 0.3) is 0 Å². The number of aromatic nitrogens is 1. The van der Waals surface area contributed by atoms with Crippen molar-refractivity contribution in [3.8, 4) is 5.88 Å². The number of aliphatic hydroxyl groups excluding tert-OH is 1. The zero-order valence-corrected chi connectivity index (χ0v) is 32.3. The van der Waals surface area contributed by atoms with Crippen molar-refractivity contribution in [2.45, 2.75) is 114 Å². The fourth-order valence-electron chi connectivity index (χ4n) is 6.60. The number of ether oxygens (including phenoxy) is 3. The molecule has 1 aromatic carbocycles.